The van der Waals surface area contributed by atoms with Gasteiger partial charge in [-0.15, -0.1) is 12.4 Å². The number of carbonyl (C=O) groups is 1. The van der Waals surface area contributed by atoms with E-state index < -0.39 is 5.97 Å². The van der Waals surface area contributed by atoms with Gasteiger partial charge in [0, 0.05) is 18.1 Å². The summed E-state index contributed by atoms with van der Waals surface area (Å²) in [5.41, 5.74) is 8.60. The Morgan fingerprint density at radius 2 is 1.74 bits per heavy atom. The molecule has 2 aliphatic rings. The van der Waals surface area contributed by atoms with Crippen molar-refractivity contribution in [3.8, 4) is 0 Å². The molecular formula is C32H34Cl2FNO2. The van der Waals surface area contributed by atoms with Crippen molar-refractivity contribution in [2.45, 2.75) is 38.5 Å². The van der Waals surface area contributed by atoms with Crippen molar-refractivity contribution in [3.63, 3.8) is 0 Å². The predicted molar refractivity (Wildman–Crippen MR) is 156 cm³/mol. The molecule has 0 amide bonds. The van der Waals surface area contributed by atoms with Gasteiger partial charge in [-0.25, -0.2) is 4.79 Å². The Morgan fingerprint density at radius 3 is 2.45 bits per heavy atom. The molecule has 5 rings (SSSR count). The van der Waals surface area contributed by atoms with Crippen LogP contribution in [0.4, 0.5) is 4.39 Å². The van der Waals surface area contributed by atoms with Crippen LogP contribution in [0, 0.1) is 5.92 Å². The zero-order valence-corrected chi connectivity index (χ0v) is 23.0. The molecule has 1 N–H and O–H groups in total. The lowest BCUT2D eigenvalue weighted by Gasteiger charge is -2.18. The molecule has 0 bridgehead atoms. The molecule has 1 heterocycles. The minimum absolute atomic E-state index is 0. The van der Waals surface area contributed by atoms with E-state index in [1.807, 2.05) is 24.3 Å². The van der Waals surface area contributed by atoms with E-state index in [0.29, 0.717) is 22.9 Å². The number of hydrogen-bond acceptors (Lipinski definition) is 2. The topological polar surface area (TPSA) is 40.5 Å². The molecular weight excluding hydrogens is 520 g/mol. The van der Waals surface area contributed by atoms with Crippen molar-refractivity contribution in [2.24, 2.45) is 5.92 Å². The van der Waals surface area contributed by atoms with Crippen molar-refractivity contribution in [2.75, 3.05) is 26.3 Å². The molecule has 3 nitrogen and oxygen atoms in total. The average Bonchev–Trinajstić information content (AvgIpc) is 3.26. The summed E-state index contributed by atoms with van der Waals surface area (Å²) in [7, 11) is 0. The summed E-state index contributed by atoms with van der Waals surface area (Å²) in [6.07, 6.45) is 5.54. The van der Waals surface area contributed by atoms with Gasteiger partial charge in [0.2, 0.25) is 0 Å². The second-order valence-electron chi connectivity index (χ2n) is 10.3. The summed E-state index contributed by atoms with van der Waals surface area (Å²) in [5, 5.41) is 10.3. The standard InChI is InChI=1S/C32H33ClFNO2.ClH/c33-28-12-9-24(10-13-28)29-4-1-3-26-20-27(32(36)37)11-14-30(26)31(29)25-7-5-22(6-8-25)19-23-15-18-35(21-23)17-2-16-34;/h5-14,20,23H,1-4,15-19,21H2,(H,36,37);1H. The van der Waals surface area contributed by atoms with Crippen LogP contribution in [0.5, 0.6) is 0 Å². The maximum atomic E-state index is 12.5. The van der Waals surface area contributed by atoms with Crippen molar-refractivity contribution >= 4 is 41.1 Å². The number of rotatable bonds is 8. The molecule has 1 saturated heterocycles. The highest BCUT2D eigenvalue weighted by molar-refractivity contribution is 6.30. The summed E-state index contributed by atoms with van der Waals surface area (Å²) in [6.45, 7) is 2.73. The number of carboxylic acid groups (broad SMARTS) is 1. The minimum atomic E-state index is -0.893. The Morgan fingerprint density at radius 1 is 1.00 bits per heavy atom. The first kappa shape index (κ1) is 28.4. The molecule has 6 heteroatoms. The van der Waals surface area contributed by atoms with Gasteiger partial charge in [0.25, 0.3) is 0 Å². The summed E-state index contributed by atoms with van der Waals surface area (Å²) in [4.78, 5) is 14.0. The van der Waals surface area contributed by atoms with Crippen LogP contribution < -0.4 is 0 Å². The molecule has 1 unspecified atom stereocenters. The first-order chi connectivity index (χ1) is 18.0. The molecule has 1 fully saturated rings. The van der Waals surface area contributed by atoms with E-state index >= 15 is 0 Å². The van der Waals surface area contributed by atoms with Crippen LogP contribution in [0.1, 0.15) is 63.9 Å². The quantitative estimate of drug-likeness (QED) is 0.307. The number of allylic oxidation sites excluding steroid dienone is 1. The molecule has 3 aromatic carbocycles. The van der Waals surface area contributed by atoms with Gasteiger partial charge in [0.05, 0.1) is 12.2 Å². The van der Waals surface area contributed by atoms with Crippen LogP contribution in [-0.2, 0) is 12.8 Å². The molecule has 0 aromatic heterocycles. The first-order valence-corrected chi connectivity index (χ1v) is 13.6. The fourth-order valence-corrected chi connectivity index (χ4v) is 6.02. The summed E-state index contributed by atoms with van der Waals surface area (Å²) in [5.74, 6) is -0.280. The van der Waals surface area contributed by atoms with Crippen LogP contribution in [0.15, 0.2) is 66.7 Å². The van der Waals surface area contributed by atoms with Gasteiger partial charge in [0.1, 0.15) is 0 Å². The molecule has 0 spiro atoms. The highest BCUT2D eigenvalue weighted by atomic mass is 35.5. The van der Waals surface area contributed by atoms with Crippen molar-refractivity contribution < 1.29 is 14.3 Å². The summed E-state index contributed by atoms with van der Waals surface area (Å²) in [6, 6.07) is 22.5. The van der Waals surface area contributed by atoms with E-state index in [0.717, 1.165) is 67.6 Å². The smallest absolute Gasteiger partial charge is 0.335 e. The highest BCUT2D eigenvalue weighted by Gasteiger charge is 2.24. The van der Waals surface area contributed by atoms with Crippen LogP contribution in [-0.4, -0.2) is 42.3 Å². The second kappa shape index (κ2) is 12.9. The van der Waals surface area contributed by atoms with Crippen LogP contribution >= 0.6 is 24.0 Å². The van der Waals surface area contributed by atoms with Gasteiger partial charge < -0.3 is 10.0 Å². The number of carboxylic acids is 1. The SMILES string of the molecule is Cl.O=C(O)c1ccc2c(c1)CCCC(c1ccc(Cl)cc1)=C2c1ccc(CC2CCN(CCCF)C2)cc1. The molecule has 1 aliphatic carbocycles. The Bertz CT molecular complexity index is 1290. The third-order valence-electron chi connectivity index (χ3n) is 7.73. The Balaban J connectivity index is 0.00000336. The zero-order chi connectivity index (χ0) is 25.8. The number of fused-ring (bicyclic) bond motifs is 1. The fraction of sp³-hybridized carbons (Fsp3) is 0.344. The van der Waals surface area contributed by atoms with Gasteiger partial charge >= 0.3 is 5.97 Å². The van der Waals surface area contributed by atoms with Crippen molar-refractivity contribution in [1.29, 1.82) is 0 Å². The van der Waals surface area contributed by atoms with Gasteiger partial charge in [-0.05, 0) is 114 Å². The van der Waals surface area contributed by atoms with Crippen LogP contribution in [0.3, 0.4) is 0 Å². The summed E-state index contributed by atoms with van der Waals surface area (Å²) < 4.78 is 12.5. The zero-order valence-electron chi connectivity index (χ0n) is 21.5. The van der Waals surface area contributed by atoms with Gasteiger partial charge in [-0.3, -0.25) is 4.39 Å². The number of aryl methyl sites for hydroxylation is 1. The van der Waals surface area contributed by atoms with E-state index in [1.54, 1.807) is 6.07 Å². The molecule has 0 radical (unpaired) electrons. The van der Waals surface area contributed by atoms with E-state index in [4.69, 9.17) is 11.6 Å². The summed E-state index contributed by atoms with van der Waals surface area (Å²) >= 11 is 6.19. The number of aromatic carboxylic acids is 1. The third kappa shape index (κ3) is 6.48. The largest absolute Gasteiger partial charge is 0.478 e. The van der Waals surface area contributed by atoms with Crippen molar-refractivity contribution in [1.82, 2.24) is 4.90 Å². The monoisotopic (exact) mass is 553 g/mol. The Hall–Kier alpha value is -2.66. The molecule has 3 aromatic rings. The highest BCUT2D eigenvalue weighted by Crippen LogP contribution is 2.40. The maximum Gasteiger partial charge on any atom is 0.335 e. The fourth-order valence-electron chi connectivity index (χ4n) is 5.90. The number of halogens is 3. The van der Waals surface area contributed by atoms with Crippen LogP contribution in [0.2, 0.25) is 5.02 Å². The second-order valence-corrected chi connectivity index (χ2v) is 10.7. The van der Waals surface area contributed by atoms with E-state index in [9.17, 15) is 14.3 Å². The number of benzene rings is 3. The number of nitrogens with zero attached hydrogens (tertiary/aromatic N) is 1. The van der Waals surface area contributed by atoms with E-state index in [2.05, 4.69) is 41.3 Å². The number of likely N-dealkylation sites (tertiary alicyclic amines) is 1. The molecule has 1 atom stereocenters. The predicted octanol–water partition coefficient (Wildman–Crippen LogP) is 7.98. The molecule has 1 aliphatic heterocycles. The first-order valence-electron chi connectivity index (χ1n) is 13.2. The normalized spacial score (nSPS) is 17.6. The molecule has 38 heavy (non-hydrogen) atoms. The molecule has 0 saturated carbocycles. The maximum absolute atomic E-state index is 12.5. The lowest BCUT2D eigenvalue weighted by molar-refractivity contribution is 0.0696. The van der Waals surface area contributed by atoms with Crippen molar-refractivity contribution in [3.05, 3.63) is 105 Å². The Kier molecular flexibility index (Phi) is 9.64. The average molecular weight is 555 g/mol. The van der Waals surface area contributed by atoms with Gasteiger partial charge in [0.15, 0.2) is 0 Å². The lowest BCUT2D eigenvalue weighted by Crippen LogP contribution is -2.22. The number of alkyl halides is 1. The third-order valence-corrected chi connectivity index (χ3v) is 7.99. The van der Waals surface area contributed by atoms with Crippen LogP contribution in [0.25, 0.3) is 11.1 Å². The minimum Gasteiger partial charge on any atom is -0.478 e. The van der Waals surface area contributed by atoms with E-state index in [1.165, 1.54) is 23.1 Å². The van der Waals surface area contributed by atoms with E-state index in [-0.39, 0.29) is 19.1 Å². The Labute approximate surface area is 235 Å². The van der Waals surface area contributed by atoms with Gasteiger partial charge in [-0.1, -0.05) is 54.1 Å². The van der Waals surface area contributed by atoms with Gasteiger partial charge in [-0.2, -0.15) is 0 Å². The lowest BCUT2D eigenvalue weighted by atomic mass is 9.86. The molecule has 200 valence electrons. The number of hydrogen-bond donors (Lipinski definition) is 1.